The summed E-state index contributed by atoms with van der Waals surface area (Å²) in [4.78, 5) is 16.0. The van der Waals surface area contributed by atoms with E-state index in [0.717, 1.165) is 94.0 Å². The van der Waals surface area contributed by atoms with Crippen LogP contribution in [0.2, 0.25) is 5.02 Å². The molecule has 1 saturated carbocycles. The molecular formula is C37H48ClN3O6S. The molecule has 1 amide bonds. The minimum absolute atomic E-state index is 0.0920. The number of carbonyl (C=O) groups is 1. The minimum atomic E-state index is -3.90. The second-order valence-electron chi connectivity index (χ2n) is 15.4. The number of hydrogen-bond acceptors (Lipinski definition) is 8. The zero-order valence-electron chi connectivity index (χ0n) is 28.0. The fraction of sp³-hybridized carbons (Fsp3) is 0.649. The third-order valence-corrected chi connectivity index (χ3v) is 14.7. The standard InChI is InChI=1S/C37H48ClN3O6S/c1-22-5-3-7-29(36-46-33-17-39-18-34(33)47-36)28-11-8-26(28)19-41-20-37(14-4-6-24-15-27(38)10-12-30(24)37)21-45-32-13-9-25(16-31(32)41)35(42)40-48(43,44)23(22)2/h9-10,12-13,15-16,22-23,26,28-29,33-34,36,39H,3-8,11,14,17-21H2,1-2H3,(H,40,42)/t22-,23+,26-,28+,29+,33-,34+,36+,37-/m0/s1. The van der Waals surface area contributed by atoms with E-state index in [-0.39, 0.29) is 35.7 Å². The number of hydrogen-bond donors (Lipinski definition) is 2. The Hall–Kier alpha value is -2.37. The van der Waals surface area contributed by atoms with Crippen LogP contribution in [0.1, 0.15) is 80.3 Å². The Balaban J connectivity index is 1.18. The molecule has 4 aliphatic heterocycles. The van der Waals surface area contributed by atoms with Crippen LogP contribution in [-0.4, -0.2) is 70.9 Å². The van der Waals surface area contributed by atoms with Gasteiger partial charge in [0.2, 0.25) is 10.0 Å². The van der Waals surface area contributed by atoms with Crippen LogP contribution in [0.5, 0.6) is 5.75 Å². The second-order valence-corrected chi connectivity index (χ2v) is 17.9. The molecule has 260 valence electrons. The molecular weight excluding hydrogens is 650 g/mol. The topological polar surface area (TPSA) is 106 Å². The van der Waals surface area contributed by atoms with E-state index in [1.54, 1.807) is 13.0 Å². The summed E-state index contributed by atoms with van der Waals surface area (Å²) in [6.07, 6.45) is 7.77. The Kier molecular flexibility index (Phi) is 8.72. The summed E-state index contributed by atoms with van der Waals surface area (Å²) in [5, 5.41) is 3.43. The number of carbonyl (C=O) groups excluding carboxylic acids is 1. The predicted molar refractivity (Wildman–Crippen MR) is 185 cm³/mol. The molecule has 2 aromatic rings. The second kappa shape index (κ2) is 12.7. The maximum absolute atomic E-state index is 13.5. The summed E-state index contributed by atoms with van der Waals surface area (Å²) < 4.78 is 49.2. The van der Waals surface area contributed by atoms with Crippen molar-refractivity contribution in [2.75, 3.05) is 37.7 Å². The normalized spacial score (nSPS) is 37.7. The van der Waals surface area contributed by atoms with Gasteiger partial charge in [-0.05, 0) is 111 Å². The molecule has 2 aliphatic carbocycles. The summed E-state index contributed by atoms with van der Waals surface area (Å²) >= 11 is 6.47. The van der Waals surface area contributed by atoms with Crippen LogP contribution in [0.15, 0.2) is 36.4 Å². The fourth-order valence-corrected chi connectivity index (χ4v) is 11.0. The summed E-state index contributed by atoms with van der Waals surface area (Å²) in [7, 11) is -3.90. The SMILES string of the molecule is C[C@@H]1[C@@H](C)CCC[C@@H]([C@@H]2O[C@H]3CNC[C@H]3O2)[C@@H]2CC[C@H]2CN2C[C@@]3(CCCc4cc(Cl)ccc43)COc3ccc(cc32)C(=O)NS1(=O)=O. The van der Waals surface area contributed by atoms with Crippen LogP contribution in [-0.2, 0) is 31.3 Å². The van der Waals surface area contributed by atoms with Gasteiger partial charge < -0.3 is 24.4 Å². The van der Waals surface area contributed by atoms with Gasteiger partial charge in [0.1, 0.15) is 18.0 Å². The highest BCUT2D eigenvalue weighted by Crippen LogP contribution is 2.49. The lowest BCUT2D eigenvalue weighted by atomic mass is 9.64. The first-order valence-electron chi connectivity index (χ1n) is 18.0. The molecule has 0 aromatic heterocycles. The third-order valence-electron chi connectivity index (χ3n) is 12.6. The van der Waals surface area contributed by atoms with Crippen molar-refractivity contribution in [1.29, 1.82) is 0 Å². The molecule has 2 N–H and O–H groups in total. The van der Waals surface area contributed by atoms with Gasteiger partial charge in [-0.15, -0.1) is 0 Å². The summed E-state index contributed by atoms with van der Waals surface area (Å²) in [5.74, 6) is 1.11. The van der Waals surface area contributed by atoms with Gasteiger partial charge in [0.15, 0.2) is 6.29 Å². The first-order chi connectivity index (χ1) is 23.1. The fourth-order valence-electron chi connectivity index (χ4n) is 9.45. The molecule has 2 saturated heterocycles. The van der Waals surface area contributed by atoms with Gasteiger partial charge in [-0.2, -0.15) is 0 Å². The number of benzene rings is 2. The Morgan fingerprint density at radius 2 is 1.77 bits per heavy atom. The molecule has 48 heavy (non-hydrogen) atoms. The van der Waals surface area contributed by atoms with Crippen LogP contribution in [0.4, 0.5) is 5.69 Å². The summed E-state index contributed by atoms with van der Waals surface area (Å²) in [6, 6.07) is 11.7. The van der Waals surface area contributed by atoms with E-state index in [4.69, 9.17) is 25.8 Å². The number of halogens is 1. The van der Waals surface area contributed by atoms with Crippen LogP contribution in [0, 0.1) is 23.7 Å². The van der Waals surface area contributed by atoms with Crippen LogP contribution >= 0.6 is 11.6 Å². The third kappa shape index (κ3) is 5.93. The molecule has 1 spiro atoms. The van der Waals surface area contributed by atoms with Crippen LogP contribution in [0.25, 0.3) is 0 Å². The van der Waals surface area contributed by atoms with Gasteiger partial charge in [-0.3, -0.25) is 4.79 Å². The Labute approximate surface area is 289 Å². The number of nitrogens with zero attached hydrogens (tertiary/aromatic N) is 1. The van der Waals surface area contributed by atoms with Crippen molar-refractivity contribution in [3.8, 4) is 5.75 Å². The molecule has 8 rings (SSSR count). The quantitative estimate of drug-likeness (QED) is 0.406. The molecule has 3 fully saturated rings. The smallest absolute Gasteiger partial charge is 0.264 e. The van der Waals surface area contributed by atoms with Gasteiger partial charge in [0.05, 0.1) is 17.5 Å². The molecule has 6 aliphatic rings. The van der Waals surface area contributed by atoms with E-state index >= 15 is 0 Å². The zero-order chi connectivity index (χ0) is 33.2. The van der Waals surface area contributed by atoms with Crippen molar-refractivity contribution in [3.63, 3.8) is 0 Å². The maximum atomic E-state index is 13.5. The van der Waals surface area contributed by atoms with E-state index in [1.165, 1.54) is 11.1 Å². The molecule has 9 nitrogen and oxygen atoms in total. The maximum Gasteiger partial charge on any atom is 0.264 e. The summed E-state index contributed by atoms with van der Waals surface area (Å²) in [6.45, 7) is 7.41. The number of rotatable bonds is 1. The van der Waals surface area contributed by atoms with E-state index in [1.807, 2.05) is 25.1 Å². The Bertz CT molecular complexity index is 1660. The van der Waals surface area contributed by atoms with Crippen LogP contribution in [0.3, 0.4) is 0 Å². The molecule has 11 heteroatoms. The highest BCUT2D eigenvalue weighted by molar-refractivity contribution is 7.90. The van der Waals surface area contributed by atoms with Gasteiger partial charge >= 0.3 is 0 Å². The van der Waals surface area contributed by atoms with E-state index in [0.29, 0.717) is 24.0 Å². The molecule has 9 atom stereocenters. The van der Waals surface area contributed by atoms with Gasteiger partial charge in [0, 0.05) is 48.1 Å². The van der Waals surface area contributed by atoms with Crippen molar-refractivity contribution in [3.05, 3.63) is 58.1 Å². The average Bonchev–Trinajstić information content (AvgIpc) is 3.62. The molecule has 4 heterocycles. The predicted octanol–water partition coefficient (Wildman–Crippen LogP) is 5.44. The Morgan fingerprint density at radius 3 is 2.54 bits per heavy atom. The van der Waals surface area contributed by atoms with Crippen LogP contribution < -0.4 is 19.7 Å². The molecule has 2 aromatic carbocycles. The number of aryl methyl sites for hydroxylation is 1. The van der Waals surface area contributed by atoms with Crippen molar-refractivity contribution >= 4 is 33.2 Å². The first kappa shape index (κ1) is 32.8. The molecule has 0 radical (unpaired) electrons. The molecule has 0 unspecified atom stereocenters. The number of amides is 1. The lowest BCUT2D eigenvalue weighted by Gasteiger charge is -2.47. The van der Waals surface area contributed by atoms with Crippen molar-refractivity contribution in [2.24, 2.45) is 23.7 Å². The first-order valence-corrected chi connectivity index (χ1v) is 19.9. The highest BCUT2D eigenvalue weighted by atomic mass is 35.5. The number of sulfonamides is 1. The van der Waals surface area contributed by atoms with E-state index in [9.17, 15) is 13.2 Å². The lowest BCUT2D eigenvalue weighted by Crippen LogP contribution is -2.50. The monoisotopic (exact) mass is 697 g/mol. The minimum Gasteiger partial charge on any atom is -0.490 e. The van der Waals surface area contributed by atoms with E-state index < -0.39 is 21.2 Å². The largest absolute Gasteiger partial charge is 0.490 e. The van der Waals surface area contributed by atoms with Gasteiger partial charge in [0.25, 0.3) is 5.91 Å². The average molecular weight is 698 g/mol. The highest BCUT2D eigenvalue weighted by Gasteiger charge is 2.49. The lowest BCUT2D eigenvalue weighted by molar-refractivity contribution is -0.141. The number of ether oxygens (including phenoxy) is 3. The van der Waals surface area contributed by atoms with E-state index in [2.05, 4.69) is 27.1 Å². The Morgan fingerprint density at radius 1 is 0.958 bits per heavy atom. The number of anilines is 1. The summed E-state index contributed by atoms with van der Waals surface area (Å²) in [5.41, 5.74) is 3.50. The molecule has 2 bridgehead atoms. The van der Waals surface area contributed by atoms with Crippen molar-refractivity contribution in [2.45, 2.75) is 94.4 Å². The van der Waals surface area contributed by atoms with Crippen molar-refractivity contribution < 1.29 is 27.4 Å². The number of nitrogens with one attached hydrogen (secondary N) is 2. The van der Waals surface area contributed by atoms with Gasteiger partial charge in [-0.25, -0.2) is 13.1 Å². The number of fused-ring (bicyclic) bond motifs is 5. The van der Waals surface area contributed by atoms with Crippen molar-refractivity contribution in [1.82, 2.24) is 10.0 Å². The van der Waals surface area contributed by atoms with Gasteiger partial charge in [-0.1, -0.05) is 31.0 Å². The zero-order valence-corrected chi connectivity index (χ0v) is 29.5.